The van der Waals surface area contributed by atoms with Gasteiger partial charge in [-0.2, -0.15) is 0 Å². The number of amides is 1. The number of ether oxygens (including phenoxy) is 2. The van der Waals surface area contributed by atoms with Gasteiger partial charge in [-0.15, -0.1) is 0 Å². The predicted octanol–water partition coefficient (Wildman–Crippen LogP) is 1.81. The van der Waals surface area contributed by atoms with Crippen molar-refractivity contribution in [1.29, 1.82) is 0 Å². The summed E-state index contributed by atoms with van der Waals surface area (Å²) in [6, 6.07) is 0. The summed E-state index contributed by atoms with van der Waals surface area (Å²) in [6.45, 7) is 7.13. The van der Waals surface area contributed by atoms with Crippen molar-refractivity contribution in [3.8, 4) is 0 Å². The summed E-state index contributed by atoms with van der Waals surface area (Å²) >= 11 is 0. The van der Waals surface area contributed by atoms with E-state index in [0.29, 0.717) is 12.0 Å². The Morgan fingerprint density at radius 1 is 1.44 bits per heavy atom. The van der Waals surface area contributed by atoms with E-state index in [1.807, 2.05) is 4.90 Å². The van der Waals surface area contributed by atoms with Gasteiger partial charge in [-0.3, -0.25) is 0 Å². The summed E-state index contributed by atoms with van der Waals surface area (Å²) in [5.74, 6) is 0. The fourth-order valence-corrected chi connectivity index (χ4v) is 2.52. The molecule has 0 aromatic rings. The molecule has 0 unspecified atom stereocenters. The maximum absolute atomic E-state index is 11.7. The van der Waals surface area contributed by atoms with Crippen molar-refractivity contribution in [1.82, 2.24) is 4.90 Å². The van der Waals surface area contributed by atoms with Crippen LogP contribution in [-0.4, -0.2) is 43.9 Å². The first kappa shape index (κ1) is 11.5. The molecule has 0 saturated carbocycles. The molecule has 0 aromatic carbocycles. The lowest BCUT2D eigenvalue weighted by molar-refractivity contribution is 0.0188. The number of carbonyl (C=O) groups is 1. The highest BCUT2D eigenvalue weighted by atomic mass is 16.6. The van der Waals surface area contributed by atoms with E-state index in [1.165, 1.54) is 0 Å². The number of rotatable bonds is 2. The SMILES string of the molecule is C=CCOC(=O)N1CCC2(CCOCC2)C1. The zero-order chi connectivity index (χ0) is 11.4. The third-order valence-corrected chi connectivity index (χ3v) is 3.57. The van der Waals surface area contributed by atoms with Crippen LogP contribution in [0.15, 0.2) is 12.7 Å². The summed E-state index contributed by atoms with van der Waals surface area (Å²) in [4.78, 5) is 13.5. The Balaban J connectivity index is 1.86. The lowest BCUT2D eigenvalue weighted by Crippen LogP contribution is -2.35. The van der Waals surface area contributed by atoms with Gasteiger partial charge in [-0.05, 0) is 24.7 Å². The fraction of sp³-hybridized carbons (Fsp3) is 0.750. The third kappa shape index (κ3) is 2.38. The van der Waals surface area contributed by atoms with Crippen LogP contribution in [0.5, 0.6) is 0 Å². The van der Waals surface area contributed by atoms with E-state index in [2.05, 4.69) is 6.58 Å². The molecule has 0 N–H and O–H groups in total. The van der Waals surface area contributed by atoms with E-state index in [4.69, 9.17) is 9.47 Å². The fourth-order valence-electron chi connectivity index (χ4n) is 2.52. The summed E-state index contributed by atoms with van der Waals surface area (Å²) in [5.41, 5.74) is 0.297. The van der Waals surface area contributed by atoms with E-state index in [9.17, 15) is 4.79 Å². The standard InChI is InChI=1S/C12H19NO3/c1-2-7-16-11(14)13-6-3-12(10-13)4-8-15-9-5-12/h2H,1,3-10H2. The third-order valence-electron chi connectivity index (χ3n) is 3.57. The molecule has 0 bridgehead atoms. The Labute approximate surface area is 96.2 Å². The minimum Gasteiger partial charge on any atom is -0.445 e. The molecule has 2 saturated heterocycles. The van der Waals surface area contributed by atoms with Gasteiger partial charge in [0, 0.05) is 26.3 Å². The molecule has 1 amide bonds. The molecule has 4 heteroatoms. The van der Waals surface area contributed by atoms with Crippen molar-refractivity contribution in [2.24, 2.45) is 5.41 Å². The highest BCUT2D eigenvalue weighted by Crippen LogP contribution is 2.39. The summed E-state index contributed by atoms with van der Waals surface area (Å²) in [7, 11) is 0. The second kappa shape index (κ2) is 4.87. The highest BCUT2D eigenvalue weighted by Gasteiger charge is 2.41. The number of likely N-dealkylation sites (tertiary alicyclic amines) is 1. The average Bonchev–Trinajstić information content (AvgIpc) is 2.71. The number of carbonyl (C=O) groups excluding carboxylic acids is 1. The van der Waals surface area contributed by atoms with Crippen LogP contribution >= 0.6 is 0 Å². The molecule has 0 radical (unpaired) electrons. The average molecular weight is 225 g/mol. The second-order valence-corrected chi connectivity index (χ2v) is 4.65. The van der Waals surface area contributed by atoms with Crippen LogP contribution in [0.4, 0.5) is 4.79 Å². The minimum absolute atomic E-state index is 0.205. The van der Waals surface area contributed by atoms with Crippen LogP contribution in [0.2, 0.25) is 0 Å². The van der Waals surface area contributed by atoms with Gasteiger partial charge in [0.2, 0.25) is 0 Å². The zero-order valence-corrected chi connectivity index (χ0v) is 9.61. The second-order valence-electron chi connectivity index (χ2n) is 4.65. The van der Waals surface area contributed by atoms with Crippen molar-refractivity contribution in [3.05, 3.63) is 12.7 Å². The van der Waals surface area contributed by atoms with Gasteiger partial charge in [0.15, 0.2) is 0 Å². The van der Waals surface area contributed by atoms with Crippen LogP contribution in [0, 0.1) is 5.41 Å². The normalized spacial score (nSPS) is 23.4. The van der Waals surface area contributed by atoms with E-state index < -0.39 is 0 Å². The first-order valence-electron chi connectivity index (χ1n) is 5.86. The van der Waals surface area contributed by atoms with Gasteiger partial charge in [0.05, 0.1) is 0 Å². The molecule has 2 aliphatic heterocycles. The van der Waals surface area contributed by atoms with E-state index >= 15 is 0 Å². The summed E-state index contributed by atoms with van der Waals surface area (Å²) < 4.78 is 10.4. The van der Waals surface area contributed by atoms with Gasteiger partial charge >= 0.3 is 6.09 Å². The Morgan fingerprint density at radius 3 is 2.88 bits per heavy atom. The monoisotopic (exact) mass is 225 g/mol. The van der Waals surface area contributed by atoms with Crippen molar-refractivity contribution in [2.75, 3.05) is 32.9 Å². The Bertz CT molecular complexity index is 271. The van der Waals surface area contributed by atoms with Crippen molar-refractivity contribution in [3.63, 3.8) is 0 Å². The molecule has 2 rings (SSSR count). The van der Waals surface area contributed by atoms with Gasteiger partial charge in [0.25, 0.3) is 0 Å². The van der Waals surface area contributed by atoms with E-state index in [-0.39, 0.29) is 6.09 Å². The highest BCUT2D eigenvalue weighted by molar-refractivity contribution is 5.68. The first-order valence-corrected chi connectivity index (χ1v) is 5.86. The van der Waals surface area contributed by atoms with Crippen LogP contribution in [-0.2, 0) is 9.47 Å². The molecule has 0 aromatic heterocycles. The van der Waals surface area contributed by atoms with Crippen LogP contribution < -0.4 is 0 Å². The molecule has 4 nitrogen and oxygen atoms in total. The van der Waals surface area contributed by atoms with Crippen LogP contribution in [0.3, 0.4) is 0 Å². The number of hydrogen-bond acceptors (Lipinski definition) is 3. The van der Waals surface area contributed by atoms with E-state index in [0.717, 1.165) is 45.6 Å². The predicted molar refractivity (Wildman–Crippen MR) is 60.2 cm³/mol. The smallest absolute Gasteiger partial charge is 0.410 e. The van der Waals surface area contributed by atoms with Gasteiger partial charge in [-0.25, -0.2) is 4.79 Å². The summed E-state index contributed by atoms with van der Waals surface area (Å²) in [5, 5.41) is 0. The van der Waals surface area contributed by atoms with Crippen LogP contribution in [0.1, 0.15) is 19.3 Å². The lowest BCUT2D eigenvalue weighted by Gasteiger charge is -2.32. The molecular formula is C12H19NO3. The minimum atomic E-state index is -0.205. The van der Waals surface area contributed by atoms with Crippen molar-refractivity contribution >= 4 is 6.09 Å². The number of hydrogen-bond donors (Lipinski definition) is 0. The molecule has 90 valence electrons. The lowest BCUT2D eigenvalue weighted by atomic mass is 9.80. The molecule has 2 aliphatic rings. The zero-order valence-electron chi connectivity index (χ0n) is 9.61. The van der Waals surface area contributed by atoms with Crippen LogP contribution in [0.25, 0.3) is 0 Å². The van der Waals surface area contributed by atoms with Gasteiger partial charge in [-0.1, -0.05) is 12.7 Å². The molecule has 16 heavy (non-hydrogen) atoms. The molecule has 0 atom stereocenters. The number of nitrogens with zero attached hydrogens (tertiary/aromatic N) is 1. The molecular weight excluding hydrogens is 206 g/mol. The molecule has 2 fully saturated rings. The molecule has 2 heterocycles. The largest absolute Gasteiger partial charge is 0.445 e. The van der Waals surface area contributed by atoms with Gasteiger partial charge < -0.3 is 14.4 Å². The Hall–Kier alpha value is -1.03. The summed E-state index contributed by atoms with van der Waals surface area (Å²) in [6.07, 6.45) is 4.61. The van der Waals surface area contributed by atoms with Crippen molar-refractivity contribution < 1.29 is 14.3 Å². The molecule has 1 spiro atoms. The maximum Gasteiger partial charge on any atom is 0.410 e. The quantitative estimate of drug-likeness (QED) is 0.673. The van der Waals surface area contributed by atoms with Crippen molar-refractivity contribution in [2.45, 2.75) is 19.3 Å². The molecule has 0 aliphatic carbocycles. The first-order chi connectivity index (χ1) is 7.76. The van der Waals surface area contributed by atoms with Gasteiger partial charge in [0.1, 0.15) is 6.61 Å². The maximum atomic E-state index is 11.7. The Kier molecular flexibility index (Phi) is 3.49. The van der Waals surface area contributed by atoms with E-state index in [1.54, 1.807) is 6.08 Å². The topological polar surface area (TPSA) is 38.8 Å². The Morgan fingerprint density at radius 2 is 2.19 bits per heavy atom.